The average molecular weight is 339 g/mol. The molecule has 25 heavy (non-hydrogen) atoms. The number of rotatable bonds is 6. The minimum absolute atomic E-state index is 0.0782. The third-order valence-electron chi connectivity index (χ3n) is 3.98. The standard InChI is InChI=1S/C20H21NO4/c22-17(8-10-20(23)21-14-15-5-2-1-3-6-15)16-7-9-18-19(13-16)25-12-4-11-24-18/h1-3,5-7,9,13H,4,8,10-12,14H2,(H,21,23). The lowest BCUT2D eigenvalue weighted by atomic mass is 10.1. The summed E-state index contributed by atoms with van der Waals surface area (Å²) in [5, 5.41) is 2.83. The summed E-state index contributed by atoms with van der Waals surface area (Å²) in [6.45, 7) is 1.66. The molecule has 1 amide bonds. The van der Waals surface area contributed by atoms with Crippen molar-refractivity contribution in [2.24, 2.45) is 0 Å². The second kappa shape index (κ2) is 8.33. The quantitative estimate of drug-likeness (QED) is 0.821. The van der Waals surface area contributed by atoms with Crippen LogP contribution in [0.4, 0.5) is 0 Å². The van der Waals surface area contributed by atoms with Crippen molar-refractivity contribution in [1.29, 1.82) is 0 Å². The fraction of sp³-hybridized carbons (Fsp3) is 0.300. The fourth-order valence-electron chi connectivity index (χ4n) is 2.59. The predicted molar refractivity (Wildman–Crippen MR) is 93.9 cm³/mol. The van der Waals surface area contributed by atoms with Crippen LogP contribution in [0.25, 0.3) is 0 Å². The monoisotopic (exact) mass is 339 g/mol. The molecular formula is C20H21NO4. The lowest BCUT2D eigenvalue weighted by Gasteiger charge is -2.09. The van der Waals surface area contributed by atoms with Gasteiger partial charge in [-0.1, -0.05) is 30.3 Å². The molecule has 2 aromatic carbocycles. The molecule has 1 aliphatic rings. The van der Waals surface area contributed by atoms with Crippen LogP contribution < -0.4 is 14.8 Å². The highest BCUT2D eigenvalue weighted by Gasteiger charge is 2.15. The summed E-state index contributed by atoms with van der Waals surface area (Å²) in [6, 6.07) is 14.8. The number of amides is 1. The molecular weight excluding hydrogens is 318 g/mol. The molecule has 0 fully saturated rings. The number of fused-ring (bicyclic) bond motifs is 1. The molecule has 0 atom stereocenters. The fourth-order valence-corrected chi connectivity index (χ4v) is 2.59. The third-order valence-corrected chi connectivity index (χ3v) is 3.98. The first-order valence-electron chi connectivity index (χ1n) is 8.46. The van der Waals surface area contributed by atoms with Crippen molar-refractivity contribution in [1.82, 2.24) is 5.32 Å². The topological polar surface area (TPSA) is 64.6 Å². The van der Waals surface area contributed by atoms with Gasteiger partial charge in [-0.15, -0.1) is 0 Å². The molecule has 0 bridgehead atoms. The van der Waals surface area contributed by atoms with Crippen molar-refractivity contribution in [3.8, 4) is 11.5 Å². The summed E-state index contributed by atoms with van der Waals surface area (Å²) in [5.41, 5.74) is 1.57. The van der Waals surface area contributed by atoms with E-state index in [2.05, 4.69) is 5.32 Å². The zero-order chi connectivity index (χ0) is 17.5. The van der Waals surface area contributed by atoms with Crippen LogP contribution in [0.3, 0.4) is 0 Å². The van der Waals surface area contributed by atoms with Gasteiger partial charge in [-0.05, 0) is 23.8 Å². The lowest BCUT2D eigenvalue weighted by molar-refractivity contribution is -0.121. The molecule has 5 heteroatoms. The number of ether oxygens (including phenoxy) is 2. The predicted octanol–water partition coefficient (Wildman–Crippen LogP) is 3.13. The average Bonchev–Trinajstić information content (AvgIpc) is 2.90. The van der Waals surface area contributed by atoms with Crippen molar-refractivity contribution >= 4 is 11.7 Å². The third kappa shape index (κ3) is 4.83. The molecule has 1 N–H and O–H groups in total. The van der Waals surface area contributed by atoms with Gasteiger partial charge in [-0.2, -0.15) is 0 Å². The van der Waals surface area contributed by atoms with Crippen LogP contribution in [-0.2, 0) is 11.3 Å². The molecule has 0 radical (unpaired) electrons. The number of carbonyl (C=O) groups excluding carboxylic acids is 2. The van der Waals surface area contributed by atoms with Gasteiger partial charge in [0.15, 0.2) is 17.3 Å². The van der Waals surface area contributed by atoms with Crippen LogP contribution in [0.5, 0.6) is 11.5 Å². The van der Waals surface area contributed by atoms with Gasteiger partial charge in [0.05, 0.1) is 13.2 Å². The van der Waals surface area contributed by atoms with E-state index < -0.39 is 0 Å². The molecule has 0 saturated heterocycles. The Labute approximate surface area is 147 Å². The highest BCUT2D eigenvalue weighted by atomic mass is 16.5. The van der Waals surface area contributed by atoms with Gasteiger partial charge in [0.1, 0.15) is 0 Å². The first-order valence-corrected chi connectivity index (χ1v) is 8.46. The number of nitrogens with one attached hydrogen (secondary N) is 1. The van der Waals surface area contributed by atoms with E-state index in [4.69, 9.17) is 9.47 Å². The van der Waals surface area contributed by atoms with Gasteiger partial charge in [0, 0.05) is 31.4 Å². The van der Waals surface area contributed by atoms with E-state index in [1.807, 2.05) is 30.3 Å². The van der Waals surface area contributed by atoms with Gasteiger partial charge in [0.2, 0.25) is 5.91 Å². The number of Topliss-reactive ketones (excluding diaryl/α,β-unsaturated/α-hetero) is 1. The summed E-state index contributed by atoms with van der Waals surface area (Å²) in [5.74, 6) is 1.04. The van der Waals surface area contributed by atoms with E-state index in [-0.39, 0.29) is 24.5 Å². The smallest absolute Gasteiger partial charge is 0.220 e. The number of hydrogen-bond donors (Lipinski definition) is 1. The molecule has 130 valence electrons. The first kappa shape index (κ1) is 17.0. The molecule has 0 unspecified atom stereocenters. The summed E-state index contributed by atoms with van der Waals surface area (Å²) in [4.78, 5) is 24.2. The minimum Gasteiger partial charge on any atom is -0.490 e. The van der Waals surface area contributed by atoms with Crippen LogP contribution in [-0.4, -0.2) is 24.9 Å². The van der Waals surface area contributed by atoms with Crippen LogP contribution in [0.1, 0.15) is 35.2 Å². The van der Waals surface area contributed by atoms with Gasteiger partial charge >= 0.3 is 0 Å². The number of carbonyl (C=O) groups is 2. The van der Waals surface area contributed by atoms with Gasteiger partial charge < -0.3 is 14.8 Å². The maximum absolute atomic E-state index is 12.3. The van der Waals surface area contributed by atoms with Crippen molar-refractivity contribution in [3.63, 3.8) is 0 Å². The molecule has 0 aromatic heterocycles. The Balaban J connectivity index is 1.50. The zero-order valence-corrected chi connectivity index (χ0v) is 14.0. The maximum Gasteiger partial charge on any atom is 0.220 e. The van der Waals surface area contributed by atoms with E-state index in [0.717, 1.165) is 12.0 Å². The second-order valence-corrected chi connectivity index (χ2v) is 5.90. The Kier molecular flexibility index (Phi) is 5.67. The molecule has 1 heterocycles. The van der Waals surface area contributed by atoms with Crippen molar-refractivity contribution < 1.29 is 19.1 Å². The van der Waals surface area contributed by atoms with Gasteiger partial charge in [-0.25, -0.2) is 0 Å². The van der Waals surface area contributed by atoms with E-state index in [0.29, 0.717) is 36.8 Å². The highest BCUT2D eigenvalue weighted by molar-refractivity contribution is 5.98. The number of ketones is 1. The Morgan fingerprint density at radius 2 is 1.68 bits per heavy atom. The van der Waals surface area contributed by atoms with Crippen LogP contribution in [0.15, 0.2) is 48.5 Å². The largest absolute Gasteiger partial charge is 0.490 e. The maximum atomic E-state index is 12.3. The molecule has 0 aliphatic carbocycles. The molecule has 0 spiro atoms. The van der Waals surface area contributed by atoms with Gasteiger partial charge in [-0.3, -0.25) is 9.59 Å². The van der Waals surface area contributed by atoms with Crippen LogP contribution in [0.2, 0.25) is 0 Å². The lowest BCUT2D eigenvalue weighted by Crippen LogP contribution is -2.23. The molecule has 5 nitrogen and oxygen atoms in total. The second-order valence-electron chi connectivity index (χ2n) is 5.90. The molecule has 0 saturated carbocycles. The summed E-state index contributed by atoms with van der Waals surface area (Å²) in [7, 11) is 0. The molecule has 2 aromatic rings. The Bertz CT molecular complexity index is 743. The van der Waals surface area contributed by atoms with Crippen LogP contribution in [0, 0.1) is 0 Å². The SMILES string of the molecule is O=C(CCC(=O)c1ccc2c(c1)OCCCO2)NCc1ccccc1. The highest BCUT2D eigenvalue weighted by Crippen LogP contribution is 2.30. The van der Waals surface area contributed by atoms with E-state index in [1.165, 1.54) is 0 Å². The normalized spacial score (nSPS) is 13.0. The zero-order valence-electron chi connectivity index (χ0n) is 14.0. The van der Waals surface area contributed by atoms with Crippen molar-refractivity contribution in [2.45, 2.75) is 25.8 Å². The first-order chi connectivity index (χ1) is 12.2. The van der Waals surface area contributed by atoms with Crippen molar-refractivity contribution in [3.05, 3.63) is 59.7 Å². The van der Waals surface area contributed by atoms with E-state index in [1.54, 1.807) is 18.2 Å². The Morgan fingerprint density at radius 3 is 2.48 bits per heavy atom. The van der Waals surface area contributed by atoms with E-state index in [9.17, 15) is 9.59 Å². The summed E-state index contributed by atoms with van der Waals surface area (Å²) < 4.78 is 11.2. The Morgan fingerprint density at radius 1 is 0.920 bits per heavy atom. The van der Waals surface area contributed by atoms with Gasteiger partial charge in [0.25, 0.3) is 0 Å². The summed E-state index contributed by atoms with van der Waals surface area (Å²) in [6.07, 6.45) is 1.15. The Hall–Kier alpha value is -2.82. The number of benzene rings is 2. The van der Waals surface area contributed by atoms with Crippen molar-refractivity contribution in [2.75, 3.05) is 13.2 Å². The van der Waals surface area contributed by atoms with E-state index >= 15 is 0 Å². The van der Waals surface area contributed by atoms with Crippen LogP contribution >= 0.6 is 0 Å². The number of hydrogen-bond acceptors (Lipinski definition) is 4. The molecule has 3 rings (SSSR count). The summed E-state index contributed by atoms with van der Waals surface area (Å²) >= 11 is 0. The molecule has 1 aliphatic heterocycles. The minimum atomic E-state index is -0.133.